The normalized spacial score (nSPS) is 12.0. The van der Waals surface area contributed by atoms with Gasteiger partial charge in [-0.05, 0) is 29.8 Å². The number of nitrogens with one attached hydrogen (secondary N) is 1. The van der Waals surface area contributed by atoms with Crippen molar-refractivity contribution in [3.63, 3.8) is 0 Å². The number of esters is 1. The summed E-state index contributed by atoms with van der Waals surface area (Å²) in [6.45, 7) is 1.61. The van der Waals surface area contributed by atoms with E-state index in [9.17, 15) is 9.59 Å². The summed E-state index contributed by atoms with van der Waals surface area (Å²) in [5.74, 6) is -0.678. The molecule has 3 heterocycles. The summed E-state index contributed by atoms with van der Waals surface area (Å²) < 4.78 is 5.03. The van der Waals surface area contributed by atoms with Gasteiger partial charge in [-0.25, -0.2) is 9.97 Å². The molecule has 9 heteroatoms. The van der Waals surface area contributed by atoms with E-state index in [2.05, 4.69) is 15.3 Å². The second-order valence-electron chi connectivity index (χ2n) is 5.07. The number of amides is 1. The van der Waals surface area contributed by atoms with Crippen LogP contribution in [0.5, 0.6) is 0 Å². The maximum atomic E-state index is 11.9. The quantitative estimate of drug-likeness (QED) is 0.377. The molecule has 1 amide bonds. The van der Waals surface area contributed by atoms with E-state index in [4.69, 9.17) is 4.74 Å². The zero-order chi connectivity index (χ0) is 17.6. The highest BCUT2D eigenvalue weighted by Crippen LogP contribution is 2.27. The number of fused-ring (bicyclic) bond motifs is 1. The van der Waals surface area contributed by atoms with Crippen LogP contribution in [0.25, 0.3) is 10.2 Å². The van der Waals surface area contributed by atoms with Crippen LogP contribution in [0, 0.1) is 0 Å². The topological polar surface area (TPSA) is 81.2 Å². The molecule has 3 aromatic heterocycles. The molecule has 0 unspecified atom stereocenters. The van der Waals surface area contributed by atoms with Crippen LogP contribution in [-0.4, -0.2) is 34.2 Å². The van der Waals surface area contributed by atoms with Gasteiger partial charge in [0.25, 0.3) is 5.91 Å². The lowest BCUT2D eigenvalue weighted by atomic mass is 10.3. The molecule has 0 saturated heterocycles. The summed E-state index contributed by atoms with van der Waals surface area (Å²) in [6, 6.07) is 5.70. The maximum Gasteiger partial charge on any atom is 0.316 e. The standard InChI is InChI=1S/C16H15N3O3S3/c1-10(12-3-2-5-23-12)19-13(20)7-22-14(21)8-25-16-11-4-6-24-15(11)17-9-18-16/h2-6,9-10H,7-8H2,1H3,(H,19,20)/t10-/m0/s1. The molecule has 0 fully saturated rings. The summed E-state index contributed by atoms with van der Waals surface area (Å²) in [6.07, 6.45) is 1.48. The minimum Gasteiger partial charge on any atom is -0.455 e. The molecule has 0 spiro atoms. The minimum atomic E-state index is -0.453. The number of thioether (sulfide) groups is 1. The molecule has 25 heavy (non-hydrogen) atoms. The molecule has 3 rings (SSSR count). The van der Waals surface area contributed by atoms with Crippen molar-refractivity contribution in [3.05, 3.63) is 40.2 Å². The number of aromatic nitrogens is 2. The fourth-order valence-corrected chi connectivity index (χ4v) is 4.40. The molecule has 1 atom stereocenters. The first-order valence-corrected chi connectivity index (χ1v) is 10.2. The second kappa shape index (κ2) is 8.41. The fourth-order valence-electron chi connectivity index (χ4n) is 2.09. The molecule has 6 nitrogen and oxygen atoms in total. The number of ether oxygens (including phenoxy) is 1. The van der Waals surface area contributed by atoms with Gasteiger partial charge in [0.1, 0.15) is 16.2 Å². The Labute approximate surface area is 156 Å². The Kier molecular flexibility index (Phi) is 6.00. The zero-order valence-electron chi connectivity index (χ0n) is 13.3. The van der Waals surface area contributed by atoms with Gasteiger partial charge in [0, 0.05) is 10.3 Å². The van der Waals surface area contributed by atoms with Crippen LogP contribution in [0.2, 0.25) is 0 Å². The predicted molar refractivity (Wildman–Crippen MR) is 100.0 cm³/mol. The first-order valence-electron chi connectivity index (χ1n) is 7.43. The minimum absolute atomic E-state index is 0.0930. The van der Waals surface area contributed by atoms with Crippen molar-refractivity contribution in [1.29, 1.82) is 0 Å². The van der Waals surface area contributed by atoms with Crippen LogP contribution < -0.4 is 5.32 Å². The summed E-state index contributed by atoms with van der Waals surface area (Å²) in [7, 11) is 0. The van der Waals surface area contributed by atoms with Crippen molar-refractivity contribution in [2.24, 2.45) is 0 Å². The second-order valence-corrected chi connectivity index (χ2v) is 7.91. The van der Waals surface area contributed by atoms with Crippen LogP contribution in [0.3, 0.4) is 0 Å². The molecule has 0 radical (unpaired) electrons. The van der Waals surface area contributed by atoms with Crippen LogP contribution in [-0.2, 0) is 14.3 Å². The Hall–Kier alpha value is -1.97. The first-order chi connectivity index (χ1) is 12.1. The van der Waals surface area contributed by atoms with Crippen molar-refractivity contribution < 1.29 is 14.3 Å². The lowest BCUT2D eigenvalue weighted by Gasteiger charge is -2.12. The SMILES string of the molecule is C[C@H](NC(=O)COC(=O)CSc1ncnc2sccc12)c1cccs1. The van der Waals surface area contributed by atoms with Gasteiger partial charge in [-0.15, -0.1) is 22.7 Å². The Morgan fingerprint density at radius 3 is 2.96 bits per heavy atom. The molecule has 0 aromatic carbocycles. The van der Waals surface area contributed by atoms with Crippen molar-refractivity contribution >= 4 is 56.5 Å². The van der Waals surface area contributed by atoms with Crippen molar-refractivity contribution in [1.82, 2.24) is 15.3 Å². The van der Waals surface area contributed by atoms with Crippen molar-refractivity contribution in [3.8, 4) is 0 Å². The number of hydrogen-bond acceptors (Lipinski definition) is 8. The van der Waals surface area contributed by atoms with Crippen LogP contribution in [0.15, 0.2) is 40.3 Å². The van der Waals surface area contributed by atoms with E-state index in [1.54, 1.807) is 11.3 Å². The molecule has 0 bridgehead atoms. The van der Waals surface area contributed by atoms with Gasteiger partial charge < -0.3 is 10.1 Å². The third kappa shape index (κ3) is 4.77. The number of nitrogens with zero attached hydrogens (tertiary/aromatic N) is 2. The van der Waals surface area contributed by atoms with Gasteiger partial charge >= 0.3 is 5.97 Å². The average Bonchev–Trinajstić information content (AvgIpc) is 3.29. The predicted octanol–water partition coefficient (Wildman–Crippen LogP) is 3.27. The summed E-state index contributed by atoms with van der Waals surface area (Å²) in [5, 5.41) is 8.34. The highest BCUT2D eigenvalue weighted by Gasteiger charge is 2.14. The smallest absolute Gasteiger partial charge is 0.316 e. The van der Waals surface area contributed by atoms with E-state index in [0.29, 0.717) is 0 Å². The Morgan fingerprint density at radius 1 is 1.28 bits per heavy atom. The molecule has 130 valence electrons. The molecule has 0 aliphatic carbocycles. The van der Waals surface area contributed by atoms with Gasteiger partial charge in [-0.1, -0.05) is 17.8 Å². The molecule has 0 aliphatic heterocycles. The lowest BCUT2D eigenvalue weighted by molar-refractivity contribution is -0.146. The van der Waals surface area contributed by atoms with E-state index in [1.807, 2.05) is 35.9 Å². The van der Waals surface area contributed by atoms with E-state index in [1.165, 1.54) is 29.4 Å². The summed E-state index contributed by atoms with van der Waals surface area (Å²) >= 11 is 4.37. The lowest BCUT2D eigenvalue weighted by Crippen LogP contribution is -2.31. The van der Waals surface area contributed by atoms with E-state index < -0.39 is 5.97 Å². The highest BCUT2D eigenvalue weighted by molar-refractivity contribution is 8.00. The van der Waals surface area contributed by atoms with E-state index >= 15 is 0 Å². The van der Waals surface area contributed by atoms with Crippen LogP contribution >= 0.6 is 34.4 Å². The molecule has 3 aromatic rings. The summed E-state index contributed by atoms with van der Waals surface area (Å²) in [5.41, 5.74) is 0. The van der Waals surface area contributed by atoms with Crippen LogP contribution in [0.1, 0.15) is 17.8 Å². The third-order valence-corrected chi connectivity index (χ3v) is 6.12. The molecular formula is C16H15N3O3S3. The summed E-state index contributed by atoms with van der Waals surface area (Å²) in [4.78, 5) is 34.0. The average molecular weight is 394 g/mol. The Morgan fingerprint density at radius 2 is 2.16 bits per heavy atom. The van der Waals surface area contributed by atoms with Gasteiger partial charge in [-0.3, -0.25) is 9.59 Å². The Bertz CT molecular complexity index is 864. The largest absolute Gasteiger partial charge is 0.455 e. The van der Waals surface area contributed by atoms with Gasteiger partial charge in [0.05, 0.1) is 11.8 Å². The monoisotopic (exact) mass is 393 g/mol. The molecule has 0 saturated carbocycles. The number of carbonyl (C=O) groups excluding carboxylic acids is 2. The van der Waals surface area contributed by atoms with E-state index in [-0.39, 0.29) is 24.3 Å². The maximum absolute atomic E-state index is 11.9. The van der Waals surface area contributed by atoms with Crippen molar-refractivity contribution in [2.45, 2.75) is 18.0 Å². The zero-order valence-corrected chi connectivity index (χ0v) is 15.7. The number of thiophene rings is 2. The molecule has 1 N–H and O–H groups in total. The van der Waals surface area contributed by atoms with Crippen LogP contribution in [0.4, 0.5) is 0 Å². The van der Waals surface area contributed by atoms with Gasteiger partial charge in [0.2, 0.25) is 0 Å². The van der Waals surface area contributed by atoms with Gasteiger partial charge in [-0.2, -0.15) is 0 Å². The number of carbonyl (C=O) groups is 2. The Balaban J connectivity index is 1.43. The van der Waals surface area contributed by atoms with Crippen molar-refractivity contribution in [2.75, 3.05) is 12.4 Å². The molecular weight excluding hydrogens is 378 g/mol. The fraction of sp³-hybridized carbons (Fsp3) is 0.250. The first kappa shape index (κ1) is 17.8. The van der Waals surface area contributed by atoms with Gasteiger partial charge in [0.15, 0.2) is 6.61 Å². The number of hydrogen-bond donors (Lipinski definition) is 1. The highest BCUT2D eigenvalue weighted by atomic mass is 32.2. The van der Waals surface area contributed by atoms with E-state index in [0.717, 1.165) is 20.1 Å². The number of rotatable bonds is 7. The third-order valence-electron chi connectivity index (χ3n) is 3.26. The molecule has 0 aliphatic rings.